The van der Waals surface area contributed by atoms with Crippen molar-refractivity contribution in [3.63, 3.8) is 0 Å². The van der Waals surface area contributed by atoms with Gasteiger partial charge in [-0.15, -0.1) is 0 Å². The fourth-order valence-electron chi connectivity index (χ4n) is 5.58. The van der Waals surface area contributed by atoms with Crippen molar-refractivity contribution in [2.24, 2.45) is 0 Å². The third-order valence-electron chi connectivity index (χ3n) is 7.52. The van der Waals surface area contributed by atoms with Crippen molar-refractivity contribution in [3.05, 3.63) is 53.1 Å². The van der Waals surface area contributed by atoms with E-state index in [9.17, 15) is 9.59 Å². The van der Waals surface area contributed by atoms with E-state index in [2.05, 4.69) is 12.2 Å². The molecular formula is C27H36N3O5+. The van der Waals surface area contributed by atoms with Crippen molar-refractivity contribution in [2.75, 3.05) is 48.0 Å². The summed E-state index contributed by atoms with van der Waals surface area (Å²) in [5.41, 5.74) is 1.97. The largest absolute Gasteiger partial charge is 0.497 e. The quantitative estimate of drug-likeness (QED) is 0.600. The van der Waals surface area contributed by atoms with Gasteiger partial charge in [-0.25, -0.2) is 0 Å². The normalized spacial score (nSPS) is 23.6. The second-order valence-electron chi connectivity index (χ2n) is 9.25. The maximum atomic E-state index is 13.9. The first kappa shape index (κ1) is 24.9. The van der Waals surface area contributed by atoms with Gasteiger partial charge in [0.1, 0.15) is 11.8 Å². The highest BCUT2D eigenvalue weighted by molar-refractivity contribution is 6.02. The lowest BCUT2D eigenvalue weighted by molar-refractivity contribution is -0.909. The van der Waals surface area contributed by atoms with Crippen LogP contribution in [0.2, 0.25) is 0 Å². The molecule has 188 valence electrons. The molecular weight excluding hydrogens is 446 g/mol. The zero-order valence-corrected chi connectivity index (χ0v) is 21.2. The average molecular weight is 483 g/mol. The van der Waals surface area contributed by atoms with Crippen molar-refractivity contribution in [1.29, 1.82) is 0 Å². The molecule has 0 bridgehead atoms. The number of hydrogen-bond acceptors (Lipinski definition) is 5. The van der Waals surface area contributed by atoms with E-state index in [0.717, 1.165) is 30.8 Å². The highest BCUT2D eigenvalue weighted by atomic mass is 16.5. The summed E-state index contributed by atoms with van der Waals surface area (Å²) in [6.07, 6.45) is 2.29. The van der Waals surface area contributed by atoms with Gasteiger partial charge in [0, 0.05) is 25.5 Å². The lowest BCUT2D eigenvalue weighted by Crippen LogP contribution is -3.14. The van der Waals surface area contributed by atoms with Crippen molar-refractivity contribution in [2.45, 2.75) is 37.8 Å². The van der Waals surface area contributed by atoms with Gasteiger partial charge in [-0.2, -0.15) is 0 Å². The summed E-state index contributed by atoms with van der Waals surface area (Å²) in [4.78, 5) is 30.5. The van der Waals surface area contributed by atoms with Gasteiger partial charge in [-0.3, -0.25) is 9.59 Å². The van der Waals surface area contributed by atoms with Crippen molar-refractivity contribution in [3.8, 4) is 17.2 Å². The predicted octanol–water partition coefficient (Wildman–Crippen LogP) is 1.81. The molecule has 8 nitrogen and oxygen atoms in total. The van der Waals surface area contributed by atoms with Gasteiger partial charge < -0.3 is 29.3 Å². The van der Waals surface area contributed by atoms with E-state index < -0.39 is 12.0 Å². The molecule has 1 saturated heterocycles. The number of rotatable bonds is 8. The summed E-state index contributed by atoms with van der Waals surface area (Å²) in [5.74, 6) is 0.808. The number of carbonyl (C=O) groups excluding carboxylic acids is 2. The minimum absolute atomic E-state index is 0.0963. The summed E-state index contributed by atoms with van der Waals surface area (Å²) in [7, 11) is 6.45. The van der Waals surface area contributed by atoms with E-state index in [1.807, 2.05) is 24.3 Å². The molecule has 0 aromatic heterocycles. The Morgan fingerprint density at radius 3 is 2.40 bits per heavy atom. The number of nitrogens with zero attached hydrogens (tertiary/aromatic N) is 1. The minimum atomic E-state index is -0.604. The summed E-state index contributed by atoms with van der Waals surface area (Å²) in [6, 6.07) is 10.9. The monoisotopic (exact) mass is 482 g/mol. The molecule has 2 N–H and O–H groups in total. The second-order valence-corrected chi connectivity index (χ2v) is 9.25. The van der Waals surface area contributed by atoms with Crippen molar-refractivity contribution >= 4 is 11.8 Å². The third-order valence-corrected chi connectivity index (χ3v) is 7.52. The van der Waals surface area contributed by atoms with Crippen LogP contribution in [0.1, 0.15) is 53.2 Å². The van der Waals surface area contributed by atoms with Crippen LogP contribution in [-0.4, -0.2) is 70.8 Å². The maximum Gasteiger partial charge on any atom is 0.254 e. The smallest absolute Gasteiger partial charge is 0.254 e. The minimum Gasteiger partial charge on any atom is -0.497 e. The maximum absolute atomic E-state index is 13.9. The zero-order valence-electron chi connectivity index (χ0n) is 21.2. The summed E-state index contributed by atoms with van der Waals surface area (Å²) in [6.45, 7) is 5.00. The third kappa shape index (κ3) is 4.67. The standard InChI is InChI=1S/C27H35N3O5/c1-6-30-13-7-8-18(30)16-28-26(31)24-20-14-22(34-4)23(35-5)15-21(20)27(32)29(2)25(24)17-9-11-19(33-3)12-10-17/h9-12,14-15,18,24-25H,6-8,13,16H2,1-5H3,(H,28,31)/p+1. The highest BCUT2D eigenvalue weighted by Gasteiger charge is 2.44. The van der Waals surface area contributed by atoms with Crippen LogP contribution < -0.4 is 24.4 Å². The van der Waals surface area contributed by atoms with Crippen LogP contribution in [0, 0.1) is 0 Å². The molecule has 0 spiro atoms. The summed E-state index contributed by atoms with van der Waals surface area (Å²) in [5, 5.41) is 3.23. The molecule has 2 heterocycles. The molecule has 2 aromatic rings. The number of fused-ring (bicyclic) bond motifs is 1. The molecule has 8 heteroatoms. The molecule has 2 aliphatic heterocycles. The summed E-state index contributed by atoms with van der Waals surface area (Å²) < 4.78 is 16.3. The summed E-state index contributed by atoms with van der Waals surface area (Å²) >= 11 is 0. The van der Waals surface area contributed by atoms with Crippen LogP contribution >= 0.6 is 0 Å². The predicted molar refractivity (Wildman–Crippen MR) is 133 cm³/mol. The second kappa shape index (κ2) is 10.6. The lowest BCUT2D eigenvalue weighted by Gasteiger charge is -2.40. The van der Waals surface area contributed by atoms with Crippen LogP contribution in [0.5, 0.6) is 17.2 Å². The van der Waals surface area contributed by atoms with Crippen LogP contribution in [0.3, 0.4) is 0 Å². The molecule has 2 aliphatic rings. The Morgan fingerprint density at radius 2 is 1.77 bits per heavy atom. The molecule has 4 unspecified atom stereocenters. The van der Waals surface area contributed by atoms with Gasteiger partial charge in [0.2, 0.25) is 5.91 Å². The van der Waals surface area contributed by atoms with E-state index in [0.29, 0.717) is 35.2 Å². The van der Waals surface area contributed by atoms with Crippen molar-refractivity contribution in [1.82, 2.24) is 10.2 Å². The number of quaternary nitrogens is 1. The molecule has 0 saturated carbocycles. The number of nitrogens with one attached hydrogen (secondary N) is 2. The number of benzene rings is 2. The first-order valence-corrected chi connectivity index (χ1v) is 12.2. The van der Waals surface area contributed by atoms with E-state index in [1.54, 1.807) is 38.3 Å². The molecule has 0 radical (unpaired) electrons. The fourth-order valence-corrected chi connectivity index (χ4v) is 5.58. The molecule has 4 rings (SSSR count). The number of ether oxygens (including phenoxy) is 3. The Hall–Kier alpha value is -3.26. The number of hydrogen-bond donors (Lipinski definition) is 2. The van der Waals surface area contributed by atoms with Gasteiger partial charge in [-0.1, -0.05) is 12.1 Å². The molecule has 1 fully saturated rings. The van der Waals surface area contributed by atoms with Crippen LogP contribution in [0.15, 0.2) is 36.4 Å². The zero-order chi connectivity index (χ0) is 25.1. The van der Waals surface area contributed by atoms with Crippen molar-refractivity contribution < 1.29 is 28.7 Å². The first-order valence-electron chi connectivity index (χ1n) is 12.2. The first-order chi connectivity index (χ1) is 16.9. The van der Waals surface area contributed by atoms with Gasteiger partial charge in [-0.05, 0) is 42.3 Å². The molecule has 4 atom stereocenters. The Morgan fingerprint density at radius 1 is 1.09 bits per heavy atom. The van der Waals surface area contributed by atoms with E-state index in [1.165, 1.54) is 18.4 Å². The fraction of sp³-hybridized carbons (Fsp3) is 0.481. The van der Waals surface area contributed by atoms with Crippen LogP contribution in [0.25, 0.3) is 0 Å². The molecule has 35 heavy (non-hydrogen) atoms. The number of amides is 2. The molecule has 0 aliphatic carbocycles. The Balaban J connectivity index is 1.76. The van der Waals surface area contributed by atoms with Gasteiger partial charge >= 0.3 is 0 Å². The Bertz CT molecular complexity index is 1070. The van der Waals surface area contributed by atoms with E-state index in [-0.39, 0.29) is 11.8 Å². The van der Waals surface area contributed by atoms with Gasteiger partial charge in [0.15, 0.2) is 11.5 Å². The lowest BCUT2D eigenvalue weighted by atomic mass is 9.79. The van der Waals surface area contributed by atoms with Crippen LogP contribution in [0.4, 0.5) is 0 Å². The highest BCUT2D eigenvalue weighted by Crippen LogP contribution is 2.45. The van der Waals surface area contributed by atoms with Crippen LogP contribution in [-0.2, 0) is 4.79 Å². The van der Waals surface area contributed by atoms with Gasteiger partial charge in [0.25, 0.3) is 5.91 Å². The number of carbonyl (C=O) groups is 2. The molecule has 2 aromatic carbocycles. The molecule has 2 amide bonds. The average Bonchev–Trinajstić information content (AvgIpc) is 3.36. The number of methoxy groups -OCH3 is 3. The Kier molecular flexibility index (Phi) is 7.50. The number of likely N-dealkylation sites (N-methyl/N-ethyl adjacent to an activating group) is 2. The number of likely N-dealkylation sites (tertiary alicyclic amines) is 1. The topological polar surface area (TPSA) is 81.5 Å². The SMILES string of the molecule is CC[NH+]1CCCC1CNC(=O)C1c2cc(OC)c(OC)cc2C(=O)N(C)C1c1ccc(OC)cc1. The van der Waals surface area contributed by atoms with Gasteiger partial charge in [0.05, 0.1) is 52.9 Å². The Labute approximate surface area is 207 Å². The van der Waals surface area contributed by atoms with E-state index in [4.69, 9.17) is 14.2 Å². The van der Waals surface area contributed by atoms with E-state index >= 15 is 0 Å².